The number of amides is 2. The van der Waals surface area contributed by atoms with E-state index in [0.29, 0.717) is 19.4 Å². The molecule has 0 saturated carbocycles. The summed E-state index contributed by atoms with van der Waals surface area (Å²) in [6.45, 7) is 4.35. The van der Waals surface area contributed by atoms with Crippen LogP contribution in [0.1, 0.15) is 37.8 Å². The number of H-pyrrole nitrogens is 1. The van der Waals surface area contributed by atoms with Crippen LogP contribution < -0.4 is 10.6 Å². The van der Waals surface area contributed by atoms with E-state index >= 15 is 0 Å². The molecule has 146 valence electrons. The molecule has 3 rings (SSSR count). The number of aromatic amines is 1. The van der Waals surface area contributed by atoms with Gasteiger partial charge in [0.1, 0.15) is 0 Å². The molecule has 3 N–H and O–H groups in total. The summed E-state index contributed by atoms with van der Waals surface area (Å²) in [4.78, 5) is 27.5. The summed E-state index contributed by atoms with van der Waals surface area (Å²) in [5.74, 6) is 0.00890. The Hall–Kier alpha value is -3.08. The van der Waals surface area contributed by atoms with Gasteiger partial charge < -0.3 is 15.6 Å². The number of nitrogens with one attached hydrogen (secondary N) is 3. The Kier molecular flexibility index (Phi) is 6.48. The number of benzene rings is 2. The van der Waals surface area contributed by atoms with Gasteiger partial charge in [0, 0.05) is 41.7 Å². The van der Waals surface area contributed by atoms with E-state index in [2.05, 4.69) is 21.7 Å². The summed E-state index contributed by atoms with van der Waals surface area (Å²) in [6, 6.07) is 15.7. The smallest absolute Gasteiger partial charge is 0.227 e. The van der Waals surface area contributed by atoms with Crippen LogP contribution in [0.5, 0.6) is 0 Å². The number of hydrogen-bond acceptors (Lipinski definition) is 2. The Balaban J connectivity index is 1.50. The lowest BCUT2D eigenvalue weighted by molar-refractivity contribution is -0.121. The maximum atomic E-state index is 12.2. The Morgan fingerprint density at radius 2 is 1.93 bits per heavy atom. The van der Waals surface area contributed by atoms with E-state index < -0.39 is 0 Å². The number of rotatable bonds is 8. The van der Waals surface area contributed by atoms with Crippen molar-refractivity contribution in [1.29, 1.82) is 0 Å². The zero-order chi connectivity index (χ0) is 19.9. The highest BCUT2D eigenvalue weighted by Gasteiger charge is 2.11. The summed E-state index contributed by atoms with van der Waals surface area (Å²) in [7, 11) is 0. The molecule has 1 atom stereocenters. The molecule has 0 saturated heterocycles. The molecule has 2 aromatic carbocycles. The van der Waals surface area contributed by atoms with E-state index in [4.69, 9.17) is 0 Å². The lowest BCUT2D eigenvalue weighted by atomic mass is 10.1. The van der Waals surface area contributed by atoms with Crippen molar-refractivity contribution >= 4 is 28.4 Å². The van der Waals surface area contributed by atoms with Crippen molar-refractivity contribution in [3.8, 4) is 0 Å². The minimum atomic E-state index is -0.0205. The first-order valence-electron chi connectivity index (χ1n) is 9.78. The Labute approximate surface area is 165 Å². The summed E-state index contributed by atoms with van der Waals surface area (Å²) < 4.78 is 0. The van der Waals surface area contributed by atoms with Crippen LogP contribution in [0.25, 0.3) is 10.9 Å². The van der Waals surface area contributed by atoms with Crippen LogP contribution >= 0.6 is 0 Å². The number of carbonyl (C=O) groups is 2. The number of para-hydroxylation sites is 1. The third-order valence-corrected chi connectivity index (χ3v) is 5.04. The number of aryl methyl sites for hydroxylation is 1. The largest absolute Gasteiger partial charge is 0.361 e. The number of fused-ring (bicyclic) bond motifs is 1. The van der Waals surface area contributed by atoms with Crippen LogP contribution in [0.2, 0.25) is 0 Å². The number of hydrogen-bond donors (Lipinski definition) is 3. The average Bonchev–Trinajstić information content (AvgIpc) is 3.13. The number of aromatic nitrogens is 1. The molecule has 28 heavy (non-hydrogen) atoms. The van der Waals surface area contributed by atoms with Crippen LogP contribution in [0.3, 0.4) is 0 Å². The molecule has 0 fully saturated rings. The highest BCUT2D eigenvalue weighted by Crippen LogP contribution is 2.19. The molecule has 0 unspecified atom stereocenters. The first-order chi connectivity index (χ1) is 13.6. The Morgan fingerprint density at radius 1 is 1.11 bits per heavy atom. The van der Waals surface area contributed by atoms with Gasteiger partial charge in [-0.05, 0) is 42.2 Å². The number of carbonyl (C=O) groups excluding carboxylic acids is 2. The van der Waals surface area contributed by atoms with Gasteiger partial charge in [-0.2, -0.15) is 0 Å². The maximum absolute atomic E-state index is 12.2. The van der Waals surface area contributed by atoms with E-state index in [1.54, 1.807) is 0 Å². The second kappa shape index (κ2) is 9.22. The molecular formula is C23H27N3O2. The van der Waals surface area contributed by atoms with Gasteiger partial charge in [-0.3, -0.25) is 9.59 Å². The molecule has 5 nitrogen and oxygen atoms in total. The standard InChI is InChI=1S/C23H27N3O2/c1-3-16(2)23(28)26-19-8-6-7-17(13-19)14-25-22(27)12-11-18-15-24-21-10-5-4-9-20(18)21/h4-10,13,15-16,24H,3,11-12,14H2,1-2H3,(H,25,27)(H,26,28)/t16-/m0/s1. The maximum Gasteiger partial charge on any atom is 0.227 e. The van der Waals surface area contributed by atoms with E-state index in [9.17, 15) is 9.59 Å². The fourth-order valence-electron chi connectivity index (χ4n) is 3.09. The zero-order valence-electron chi connectivity index (χ0n) is 16.4. The molecule has 0 aliphatic heterocycles. The lowest BCUT2D eigenvalue weighted by Crippen LogP contribution is -2.23. The lowest BCUT2D eigenvalue weighted by Gasteiger charge is -2.11. The van der Waals surface area contributed by atoms with Gasteiger partial charge in [-0.1, -0.05) is 44.2 Å². The first-order valence-corrected chi connectivity index (χ1v) is 9.78. The Bertz CT molecular complexity index is 961. The predicted molar refractivity (Wildman–Crippen MR) is 113 cm³/mol. The van der Waals surface area contributed by atoms with Crippen molar-refractivity contribution in [3.05, 3.63) is 65.9 Å². The van der Waals surface area contributed by atoms with E-state index in [1.165, 1.54) is 5.39 Å². The molecule has 1 aromatic heterocycles. The normalized spacial score (nSPS) is 11.9. The SMILES string of the molecule is CC[C@H](C)C(=O)Nc1cccc(CNC(=O)CCc2c[nH]c3ccccc23)c1. The van der Waals surface area contributed by atoms with Gasteiger partial charge in [0.2, 0.25) is 11.8 Å². The quantitative estimate of drug-likeness (QED) is 0.544. The predicted octanol–water partition coefficient (Wildman–Crippen LogP) is 4.40. The van der Waals surface area contributed by atoms with Crippen molar-refractivity contribution in [2.45, 2.75) is 39.7 Å². The van der Waals surface area contributed by atoms with Crippen molar-refractivity contribution in [2.75, 3.05) is 5.32 Å². The van der Waals surface area contributed by atoms with E-state index in [1.807, 2.05) is 62.5 Å². The highest BCUT2D eigenvalue weighted by atomic mass is 16.2. The molecule has 2 amide bonds. The van der Waals surface area contributed by atoms with Gasteiger partial charge >= 0.3 is 0 Å². The van der Waals surface area contributed by atoms with Crippen LogP contribution in [0.4, 0.5) is 5.69 Å². The molecule has 0 bridgehead atoms. The van der Waals surface area contributed by atoms with Gasteiger partial charge in [0.15, 0.2) is 0 Å². The van der Waals surface area contributed by atoms with Crippen molar-refractivity contribution in [3.63, 3.8) is 0 Å². The van der Waals surface area contributed by atoms with E-state index in [-0.39, 0.29) is 17.7 Å². The molecule has 0 spiro atoms. The topological polar surface area (TPSA) is 74.0 Å². The van der Waals surface area contributed by atoms with Crippen LogP contribution in [0.15, 0.2) is 54.7 Å². The van der Waals surface area contributed by atoms with Crippen LogP contribution in [0, 0.1) is 5.92 Å². The molecule has 1 heterocycles. The second-order valence-corrected chi connectivity index (χ2v) is 7.14. The second-order valence-electron chi connectivity index (χ2n) is 7.14. The Morgan fingerprint density at radius 3 is 2.75 bits per heavy atom. The molecular weight excluding hydrogens is 350 g/mol. The molecule has 0 radical (unpaired) electrons. The fraction of sp³-hybridized carbons (Fsp3) is 0.304. The van der Waals surface area contributed by atoms with Crippen LogP contribution in [-0.2, 0) is 22.6 Å². The molecule has 3 aromatic rings. The monoisotopic (exact) mass is 377 g/mol. The highest BCUT2D eigenvalue weighted by molar-refractivity contribution is 5.92. The molecule has 5 heteroatoms. The summed E-state index contributed by atoms with van der Waals surface area (Å²) in [5, 5.41) is 7.06. The third-order valence-electron chi connectivity index (χ3n) is 5.04. The van der Waals surface area contributed by atoms with Crippen molar-refractivity contribution in [1.82, 2.24) is 10.3 Å². The first kappa shape index (κ1) is 19.7. The minimum absolute atomic E-state index is 0.0133. The van der Waals surface area contributed by atoms with Gasteiger partial charge in [-0.25, -0.2) is 0 Å². The van der Waals surface area contributed by atoms with Gasteiger partial charge in [0.25, 0.3) is 0 Å². The molecule has 0 aliphatic rings. The minimum Gasteiger partial charge on any atom is -0.361 e. The van der Waals surface area contributed by atoms with Crippen molar-refractivity contribution < 1.29 is 9.59 Å². The van der Waals surface area contributed by atoms with Crippen molar-refractivity contribution in [2.24, 2.45) is 5.92 Å². The van der Waals surface area contributed by atoms with Crippen LogP contribution in [-0.4, -0.2) is 16.8 Å². The summed E-state index contributed by atoms with van der Waals surface area (Å²) in [5.41, 5.74) is 3.97. The van der Waals surface area contributed by atoms with Gasteiger partial charge in [-0.15, -0.1) is 0 Å². The van der Waals surface area contributed by atoms with E-state index in [0.717, 1.165) is 28.8 Å². The third kappa shape index (κ3) is 5.00. The number of anilines is 1. The van der Waals surface area contributed by atoms with Gasteiger partial charge in [0.05, 0.1) is 0 Å². The molecule has 0 aliphatic carbocycles. The summed E-state index contributed by atoms with van der Waals surface area (Å²) in [6.07, 6.45) is 3.91. The summed E-state index contributed by atoms with van der Waals surface area (Å²) >= 11 is 0. The average molecular weight is 377 g/mol. The zero-order valence-corrected chi connectivity index (χ0v) is 16.4. The fourth-order valence-corrected chi connectivity index (χ4v) is 3.09.